The van der Waals surface area contributed by atoms with Crippen molar-refractivity contribution in [2.75, 3.05) is 38.0 Å². The lowest BCUT2D eigenvalue weighted by molar-refractivity contribution is 0.102. The van der Waals surface area contributed by atoms with Crippen LogP contribution in [-0.2, 0) is 6.54 Å². The minimum absolute atomic E-state index is 0.0482. The van der Waals surface area contributed by atoms with E-state index < -0.39 is 0 Å². The summed E-state index contributed by atoms with van der Waals surface area (Å²) >= 11 is 0. The van der Waals surface area contributed by atoms with Gasteiger partial charge >= 0.3 is 0 Å². The van der Waals surface area contributed by atoms with Crippen molar-refractivity contribution in [3.05, 3.63) is 64.7 Å². The van der Waals surface area contributed by atoms with Gasteiger partial charge in [-0.15, -0.1) is 0 Å². The predicted octanol–water partition coefficient (Wildman–Crippen LogP) is 5.64. The Balaban J connectivity index is 1.26. The van der Waals surface area contributed by atoms with E-state index in [0.717, 1.165) is 31.2 Å². The van der Waals surface area contributed by atoms with Crippen LogP contribution in [0.1, 0.15) is 65.6 Å². The lowest BCUT2D eigenvalue weighted by Crippen LogP contribution is -2.34. The molecule has 4 nitrogen and oxygen atoms in total. The number of anilines is 1. The lowest BCUT2D eigenvalue weighted by atomic mass is 9.89. The number of amides is 1. The average molecular weight is 434 g/mol. The van der Waals surface area contributed by atoms with Gasteiger partial charge in [-0.2, -0.15) is 0 Å². The van der Waals surface area contributed by atoms with E-state index in [2.05, 4.69) is 41.1 Å². The van der Waals surface area contributed by atoms with Crippen LogP contribution >= 0.6 is 0 Å². The monoisotopic (exact) mass is 433 g/mol. The summed E-state index contributed by atoms with van der Waals surface area (Å²) < 4.78 is 0. The molecule has 2 aromatic rings. The van der Waals surface area contributed by atoms with E-state index in [-0.39, 0.29) is 5.91 Å². The van der Waals surface area contributed by atoms with Gasteiger partial charge in [0.1, 0.15) is 0 Å². The molecule has 1 N–H and O–H groups in total. The molecule has 2 aromatic carbocycles. The molecule has 1 saturated carbocycles. The Hall–Kier alpha value is -2.17. The maximum atomic E-state index is 12.6. The van der Waals surface area contributed by atoms with Crippen LogP contribution in [0.4, 0.5) is 5.69 Å². The third-order valence-electron chi connectivity index (χ3n) is 7.31. The number of rotatable bonds is 6. The van der Waals surface area contributed by atoms with Gasteiger partial charge in [-0.05, 0) is 93.1 Å². The summed E-state index contributed by atoms with van der Waals surface area (Å²) in [5, 5.41) is 3.02. The van der Waals surface area contributed by atoms with E-state index in [1.807, 2.05) is 30.3 Å². The van der Waals surface area contributed by atoms with Crippen molar-refractivity contribution < 1.29 is 4.79 Å². The van der Waals surface area contributed by atoms with E-state index in [9.17, 15) is 4.79 Å². The molecule has 32 heavy (non-hydrogen) atoms. The Morgan fingerprint density at radius 2 is 1.56 bits per heavy atom. The second kappa shape index (κ2) is 11.1. The number of carbonyl (C=O) groups is 1. The normalized spacial score (nSPS) is 18.9. The first-order valence-electron chi connectivity index (χ1n) is 12.5. The molecule has 0 unspecified atom stereocenters. The molecule has 0 radical (unpaired) electrons. The van der Waals surface area contributed by atoms with E-state index >= 15 is 0 Å². The molecule has 0 aromatic heterocycles. The lowest BCUT2D eigenvalue weighted by Gasteiger charge is -2.29. The van der Waals surface area contributed by atoms with Crippen LogP contribution in [-0.4, -0.2) is 48.4 Å². The van der Waals surface area contributed by atoms with Crippen molar-refractivity contribution >= 4 is 11.6 Å². The smallest absolute Gasteiger partial charge is 0.255 e. The van der Waals surface area contributed by atoms with Gasteiger partial charge in [0.15, 0.2) is 0 Å². The molecule has 2 aliphatic rings. The number of nitrogens with one attached hydrogen (secondary N) is 1. The van der Waals surface area contributed by atoms with Crippen LogP contribution < -0.4 is 5.32 Å². The molecular formula is C28H39N3O. The molecule has 172 valence electrons. The van der Waals surface area contributed by atoms with E-state index in [0.29, 0.717) is 5.56 Å². The van der Waals surface area contributed by atoms with Crippen LogP contribution in [0.15, 0.2) is 42.5 Å². The first-order chi connectivity index (χ1) is 15.6. The summed E-state index contributed by atoms with van der Waals surface area (Å²) in [7, 11) is 0. The van der Waals surface area contributed by atoms with Gasteiger partial charge in [0.2, 0.25) is 0 Å². The fourth-order valence-electron chi connectivity index (χ4n) is 5.14. The zero-order chi connectivity index (χ0) is 22.3. The quantitative estimate of drug-likeness (QED) is 0.640. The van der Waals surface area contributed by atoms with Crippen molar-refractivity contribution in [2.45, 2.75) is 58.9 Å². The zero-order valence-corrected chi connectivity index (χ0v) is 19.9. The molecule has 1 amide bonds. The average Bonchev–Trinajstić information content (AvgIpc) is 3.02. The Kier molecular flexibility index (Phi) is 7.99. The first kappa shape index (κ1) is 23.0. The van der Waals surface area contributed by atoms with E-state index in [4.69, 9.17) is 0 Å². The third kappa shape index (κ3) is 6.43. The molecule has 1 saturated heterocycles. The summed E-state index contributed by atoms with van der Waals surface area (Å²) in [5.41, 5.74) is 5.27. The number of nitrogens with zero attached hydrogens (tertiary/aromatic N) is 2. The minimum Gasteiger partial charge on any atom is -0.322 e. The Labute approximate surface area is 194 Å². The van der Waals surface area contributed by atoms with Gasteiger partial charge in [-0.25, -0.2) is 0 Å². The van der Waals surface area contributed by atoms with Crippen molar-refractivity contribution in [1.82, 2.24) is 9.80 Å². The second-order valence-electron chi connectivity index (χ2n) is 9.88. The van der Waals surface area contributed by atoms with Crippen molar-refractivity contribution in [1.29, 1.82) is 0 Å². The van der Waals surface area contributed by atoms with Gasteiger partial charge < -0.3 is 10.2 Å². The van der Waals surface area contributed by atoms with Gasteiger partial charge in [0.25, 0.3) is 5.91 Å². The summed E-state index contributed by atoms with van der Waals surface area (Å²) in [6.45, 7) is 11.2. The molecular weight excluding hydrogens is 394 g/mol. The molecule has 0 atom stereocenters. The molecule has 4 rings (SSSR count). The number of aryl methyl sites for hydroxylation is 2. The van der Waals surface area contributed by atoms with Crippen LogP contribution in [0.3, 0.4) is 0 Å². The summed E-state index contributed by atoms with van der Waals surface area (Å²) in [6.07, 6.45) is 8.43. The highest BCUT2D eigenvalue weighted by molar-refractivity contribution is 6.04. The SMILES string of the molecule is Cc1ccc(NC(=O)c2ccc(CN3CCCN(CC4CCCCC4)CC3)cc2)cc1C. The maximum Gasteiger partial charge on any atom is 0.255 e. The summed E-state index contributed by atoms with van der Waals surface area (Å²) in [4.78, 5) is 17.9. The van der Waals surface area contributed by atoms with Crippen LogP contribution in [0.25, 0.3) is 0 Å². The van der Waals surface area contributed by atoms with Gasteiger partial charge in [-0.1, -0.05) is 37.5 Å². The highest BCUT2D eigenvalue weighted by Gasteiger charge is 2.20. The van der Waals surface area contributed by atoms with Gasteiger partial charge in [0.05, 0.1) is 0 Å². The number of benzene rings is 2. The van der Waals surface area contributed by atoms with Gasteiger partial charge in [0, 0.05) is 37.4 Å². The summed E-state index contributed by atoms with van der Waals surface area (Å²) in [6, 6.07) is 14.2. The van der Waals surface area contributed by atoms with Crippen molar-refractivity contribution in [2.24, 2.45) is 5.92 Å². The molecule has 0 spiro atoms. The number of hydrogen-bond acceptors (Lipinski definition) is 3. The van der Waals surface area contributed by atoms with Crippen molar-refractivity contribution in [3.63, 3.8) is 0 Å². The fourth-order valence-corrected chi connectivity index (χ4v) is 5.14. The fraction of sp³-hybridized carbons (Fsp3) is 0.536. The molecule has 4 heteroatoms. The Bertz CT molecular complexity index is 886. The van der Waals surface area contributed by atoms with E-state index in [1.165, 1.54) is 74.8 Å². The molecule has 0 bridgehead atoms. The molecule has 1 heterocycles. The van der Waals surface area contributed by atoms with Crippen LogP contribution in [0.2, 0.25) is 0 Å². The van der Waals surface area contributed by atoms with Crippen LogP contribution in [0, 0.1) is 19.8 Å². The topological polar surface area (TPSA) is 35.6 Å². The first-order valence-corrected chi connectivity index (χ1v) is 12.5. The predicted molar refractivity (Wildman–Crippen MR) is 133 cm³/mol. The van der Waals surface area contributed by atoms with Crippen LogP contribution in [0.5, 0.6) is 0 Å². The van der Waals surface area contributed by atoms with Gasteiger partial charge in [-0.3, -0.25) is 9.69 Å². The highest BCUT2D eigenvalue weighted by atomic mass is 16.1. The van der Waals surface area contributed by atoms with Crippen molar-refractivity contribution in [3.8, 4) is 0 Å². The summed E-state index contributed by atoms with van der Waals surface area (Å²) in [5.74, 6) is 0.880. The maximum absolute atomic E-state index is 12.6. The Morgan fingerprint density at radius 1 is 0.844 bits per heavy atom. The Morgan fingerprint density at radius 3 is 2.31 bits per heavy atom. The molecule has 2 fully saturated rings. The number of carbonyl (C=O) groups excluding carboxylic acids is 1. The second-order valence-corrected chi connectivity index (χ2v) is 9.88. The minimum atomic E-state index is -0.0482. The standard InChI is InChI=1S/C28H39N3O/c1-22-9-14-27(19-23(22)2)29-28(32)26-12-10-25(11-13-26)21-31-16-6-15-30(17-18-31)20-24-7-4-3-5-8-24/h9-14,19,24H,3-8,15-18,20-21H2,1-2H3,(H,29,32). The third-order valence-corrected chi connectivity index (χ3v) is 7.31. The number of hydrogen-bond donors (Lipinski definition) is 1. The highest BCUT2D eigenvalue weighted by Crippen LogP contribution is 2.25. The molecule has 1 aliphatic heterocycles. The zero-order valence-electron chi connectivity index (χ0n) is 19.9. The largest absolute Gasteiger partial charge is 0.322 e. The van der Waals surface area contributed by atoms with E-state index in [1.54, 1.807) is 0 Å². The molecule has 1 aliphatic carbocycles.